The third-order valence-corrected chi connectivity index (χ3v) is 4.39. The highest BCUT2D eigenvalue weighted by atomic mass is 32.1. The minimum atomic E-state index is 0.0797. The van der Waals surface area contributed by atoms with Crippen LogP contribution in [0.5, 0.6) is 0 Å². The molecule has 0 spiro atoms. The molecule has 0 aliphatic heterocycles. The molecule has 4 heteroatoms. The average Bonchev–Trinajstić information content (AvgIpc) is 2.87. The van der Waals surface area contributed by atoms with Crippen LogP contribution < -0.4 is 5.73 Å². The van der Waals surface area contributed by atoms with Gasteiger partial charge in [0.25, 0.3) is 0 Å². The molecule has 2 atom stereocenters. The van der Waals surface area contributed by atoms with Gasteiger partial charge in [-0.05, 0) is 45.1 Å². The molecule has 3 nitrogen and oxygen atoms in total. The smallest absolute Gasteiger partial charge is 0.225 e. The molecule has 1 aromatic rings. The highest BCUT2D eigenvalue weighted by Crippen LogP contribution is 2.19. The van der Waals surface area contributed by atoms with Gasteiger partial charge in [0.1, 0.15) is 0 Å². The predicted octanol–water partition coefficient (Wildman–Crippen LogP) is 3.64. The molecule has 0 radical (unpaired) electrons. The number of nitrogens with zero attached hydrogens (tertiary/aromatic N) is 1. The van der Waals surface area contributed by atoms with E-state index in [1.165, 1.54) is 4.88 Å². The van der Waals surface area contributed by atoms with Crippen LogP contribution in [0.15, 0.2) is 17.5 Å². The summed E-state index contributed by atoms with van der Waals surface area (Å²) in [5.74, 6) is 0.342. The first-order chi connectivity index (χ1) is 9.41. The van der Waals surface area contributed by atoms with Crippen LogP contribution in [0.1, 0.15) is 51.8 Å². The van der Waals surface area contributed by atoms with Gasteiger partial charge in [-0.15, -0.1) is 11.3 Å². The zero-order chi connectivity index (χ0) is 15.1. The first-order valence-corrected chi connectivity index (χ1v) is 8.38. The summed E-state index contributed by atoms with van der Waals surface area (Å²) in [6.45, 7) is 8.95. The average molecular weight is 296 g/mol. The van der Waals surface area contributed by atoms with Crippen molar-refractivity contribution in [3.8, 4) is 0 Å². The van der Waals surface area contributed by atoms with E-state index in [-0.39, 0.29) is 23.9 Å². The van der Waals surface area contributed by atoms with Crippen LogP contribution in [-0.2, 0) is 11.3 Å². The van der Waals surface area contributed by atoms with Gasteiger partial charge in [0, 0.05) is 22.9 Å². The maximum Gasteiger partial charge on any atom is 0.225 e. The number of thiophene rings is 1. The van der Waals surface area contributed by atoms with Gasteiger partial charge in [-0.25, -0.2) is 0 Å². The van der Waals surface area contributed by atoms with E-state index in [1.807, 2.05) is 24.8 Å². The monoisotopic (exact) mass is 296 g/mol. The van der Waals surface area contributed by atoms with E-state index in [4.69, 9.17) is 5.73 Å². The number of hydrogen-bond acceptors (Lipinski definition) is 3. The Morgan fingerprint density at radius 2 is 2.00 bits per heavy atom. The second-order valence-corrected chi connectivity index (χ2v) is 6.98. The van der Waals surface area contributed by atoms with Gasteiger partial charge in [0.2, 0.25) is 5.91 Å². The van der Waals surface area contributed by atoms with E-state index < -0.39 is 0 Å². The van der Waals surface area contributed by atoms with Crippen LogP contribution in [-0.4, -0.2) is 22.9 Å². The van der Waals surface area contributed by atoms with Gasteiger partial charge >= 0.3 is 0 Å². The fourth-order valence-electron chi connectivity index (χ4n) is 2.24. The van der Waals surface area contributed by atoms with Gasteiger partial charge in [0.05, 0.1) is 6.54 Å². The van der Waals surface area contributed by atoms with Gasteiger partial charge < -0.3 is 10.6 Å². The minimum Gasteiger partial charge on any atom is -0.335 e. The molecule has 0 bridgehead atoms. The fraction of sp³-hybridized carbons (Fsp3) is 0.688. The Balaban J connectivity index is 2.55. The Bertz CT molecular complexity index is 387. The Morgan fingerprint density at radius 1 is 1.30 bits per heavy atom. The van der Waals surface area contributed by atoms with Crippen LogP contribution in [0.2, 0.25) is 0 Å². The maximum atomic E-state index is 12.6. The lowest BCUT2D eigenvalue weighted by Crippen LogP contribution is -2.39. The third-order valence-electron chi connectivity index (χ3n) is 3.53. The van der Waals surface area contributed by atoms with E-state index in [2.05, 4.69) is 25.3 Å². The second kappa shape index (κ2) is 8.42. The molecule has 114 valence electrons. The maximum absolute atomic E-state index is 12.6. The number of rotatable bonds is 8. The van der Waals surface area contributed by atoms with Crippen molar-refractivity contribution in [1.82, 2.24) is 4.90 Å². The molecule has 1 rings (SSSR count). The Labute approximate surface area is 127 Å². The van der Waals surface area contributed by atoms with Crippen LogP contribution in [0, 0.1) is 5.92 Å². The van der Waals surface area contributed by atoms with Crippen molar-refractivity contribution >= 4 is 17.2 Å². The molecule has 20 heavy (non-hydrogen) atoms. The lowest BCUT2D eigenvalue weighted by atomic mass is 10.00. The van der Waals surface area contributed by atoms with Crippen molar-refractivity contribution in [2.24, 2.45) is 11.7 Å². The van der Waals surface area contributed by atoms with Gasteiger partial charge in [-0.2, -0.15) is 0 Å². The molecular weight excluding hydrogens is 268 g/mol. The number of nitrogens with two attached hydrogens (primary N) is 1. The zero-order valence-corrected chi connectivity index (χ0v) is 14.0. The van der Waals surface area contributed by atoms with Crippen LogP contribution >= 0.6 is 11.3 Å². The molecule has 0 fully saturated rings. The van der Waals surface area contributed by atoms with Crippen LogP contribution in [0.25, 0.3) is 0 Å². The normalized spacial score (nSPS) is 14.3. The highest BCUT2D eigenvalue weighted by molar-refractivity contribution is 7.09. The topological polar surface area (TPSA) is 46.3 Å². The molecule has 0 saturated carbocycles. The molecule has 0 aliphatic carbocycles. The molecule has 1 amide bonds. The summed E-state index contributed by atoms with van der Waals surface area (Å²) in [7, 11) is 0. The van der Waals surface area contributed by atoms with Crippen molar-refractivity contribution in [1.29, 1.82) is 0 Å². The quantitative estimate of drug-likeness (QED) is 0.796. The Morgan fingerprint density at radius 3 is 2.50 bits per heavy atom. The minimum absolute atomic E-state index is 0.0797. The van der Waals surface area contributed by atoms with Crippen molar-refractivity contribution in [2.45, 2.75) is 65.6 Å². The van der Waals surface area contributed by atoms with Crippen molar-refractivity contribution < 1.29 is 4.79 Å². The Kier molecular flexibility index (Phi) is 7.24. The second-order valence-electron chi connectivity index (χ2n) is 5.95. The summed E-state index contributed by atoms with van der Waals surface area (Å²) in [6, 6.07) is 4.59. The summed E-state index contributed by atoms with van der Waals surface area (Å²) in [4.78, 5) is 15.8. The molecule has 1 aromatic heterocycles. The van der Waals surface area contributed by atoms with Crippen molar-refractivity contribution in [3.63, 3.8) is 0 Å². The van der Waals surface area contributed by atoms with Crippen LogP contribution in [0.3, 0.4) is 0 Å². The lowest BCUT2D eigenvalue weighted by molar-refractivity contribution is -0.137. The van der Waals surface area contributed by atoms with Gasteiger partial charge in [-0.1, -0.05) is 19.4 Å². The summed E-state index contributed by atoms with van der Waals surface area (Å²) < 4.78 is 0. The van der Waals surface area contributed by atoms with Crippen LogP contribution in [0.4, 0.5) is 0 Å². The van der Waals surface area contributed by atoms with Crippen molar-refractivity contribution in [3.05, 3.63) is 22.4 Å². The fourth-order valence-corrected chi connectivity index (χ4v) is 2.94. The molecule has 2 N–H and O–H groups in total. The molecular formula is C16H28N2OS. The zero-order valence-electron chi connectivity index (χ0n) is 13.1. The van der Waals surface area contributed by atoms with Crippen molar-refractivity contribution in [2.75, 3.05) is 0 Å². The molecule has 0 aliphatic rings. The summed E-state index contributed by atoms with van der Waals surface area (Å²) in [6.07, 6.45) is 2.94. The van der Waals surface area contributed by atoms with E-state index in [0.29, 0.717) is 0 Å². The third kappa shape index (κ3) is 5.63. The SMILES string of the molecule is CC(N)CCCC(C)C(=O)N(Cc1cccs1)C(C)C. The first kappa shape index (κ1) is 17.2. The predicted molar refractivity (Wildman–Crippen MR) is 86.7 cm³/mol. The molecule has 0 saturated heterocycles. The van der Waals surface area contributed by atoms with Gasteiger partial charge in [0.15, 0.2) is 0 Å². The Hall–Kier alpha value is -0.870. The largest absolute Gasteiger partial charge is 0.335 e. The van der Waals surface area contributed by atoms with E-state index >= 15 is 0 Å². The van der Waals surface area contributed by atoms with Gasteiger partial charge in [-0.3, -0.25) is 4.79 Å². The van der Waals surface area contributed by atoms with E-state index in [0.717, 1.165) is 25.8 Å². The van der Waals surface area contributed by atoms with E-state index in [9.17, 15) is 4.79 Å². The molecule has 2 unspecified atom stereocenters. The molecule has 0 aromatic carbocycles. The standard InChI is InChI=1S/C16H28N2OS/c1-12(2)18(11-15-9-6-10-20-15)16(19)13(3)7-5-8-14(4)17/h6,9-10,12-14H,5,7-8,11,17H2,1-4H3. The van der Waals surface area contributed by atoms with E-state index in [1.54, 1.807) is 11.3 Å². The summed E-state index contributed by atoms with van der Waals surface area (Å²) in [5.41, 5.74) is 5.76. The number of amides is 1. The summed E-state index contributed by atoms with van der Waals surface area (Å²) in [5, 5.41) is 2.06. The number of hydrogen-bond donors (Lipinski definition) is 1. The lowest BCUT2D eigenvalue weighted by Gasteiger charge is -2.29. The first-order valence-electron chi connectivity index (χ1n) is 7.50. The number of carbonyl (C=O) groups excluding carboxylic acids is 1. The highest BCUT2D eigenvalue weighted by Gasteiger charge is 2.23. The molecule has 1 heterocycles. The number of carbonyl (C=O) groups is 1. The summed E-state index contributed by atoms with van der Waals surface area (Å²) >= 11 is 1.71.